The first kappa shape index (κ1) is 25.8. The van der Waals surface area contributed by atoms with Gasteiger partial charge in [-0.25, -0.2) is 9.07 Å². The number of carbonyl (C=O) groups is 2. The minimum absolute atomic E-state index is 0. The van der Waals surface area contributed by atoms with Crippen molar-refractivity contribution in [2.24, 2.45) is 18.7 Å². The van der Waals surface area contributed by atoms with Gasteiger partial charge in [0.15, 0.2) is 0 Å². The first-order valence-electron chi connectivity index (χ1n) is 12.6. The first-order chi connectivity index (χ1) is 18.7. The summed E-state index contributed by atoms with van der Waals surface area (Å²) in [7, 11) is 1.73. The Morgan fingerprint density at radius 3 is 2.44 bits per heavy atom. The molecule has 1 aliphatic heterocycles. The van der Waals surface area contributed by atoms with E-state index >= 15 is 0 Å². The number of primary amides is 1. The molecule has 2 N–H and O–H groups in total. The van der Waals surface area contributed by atoms with E-state index in [-0.39, 0.29) is 25.1 Å². The predicted molar refractivity (Wildman–Crippen MR) is 150 cm³/mol. The van der Waals surface area contributed by atoms with Crippen LogP contribution in [0.2, 0.25) is 0 Å². The molecule has 1 saturated heterocycles. The van der Waals surface area contributed by atoms with Crippen molar-refractivity contribution in [1.82, 2.24) is 19.6 Å². The third kappa shape index (κ3) is 5.29. The van der Waals surface area contributed by atoms with Crippen LogP contribution in [0.4, 0.5) is 10.1 Å². The largest absolute Gasteiger partial charge is 0.364 e. The number of anilines is 1. The summed E-state index contributed by atoms with van der Waals surface area (Å²) in [4.78, 5) is 25.3. The summed E-state index contributed by atoms with van der Waals surface area (Å²) in [5, 5.41) is 9.17. The smallest absolute Gasteiger partial charge is 0.269 e. The van der Waals surface area contributed by atoms with Gasteiger partial charge >= 0.3 is 0 Å². The highest BCUT2D eigenvalue weighted by molar-refractivity contribution is 6.00. The molecular weight excluding hydrogens is 495 g/mol. The van der Waals surface area contributed by atoms with Gasteiger partial charge in [0.25, 0.3) is 5.91 Å². The quantitative estimate of drug-likeness (QED) is 0.341. The first-order valence-corrected chi connectivity index (χ1v) is 12.6. The molecule has 0 radical (unpaired) electrons. The van der Waals surface area contributed by atoms with Gasteiger partial charge in [-0.2, -0.15) is 10.2 Å². The van der Waals surface area contributed by atoms with Crippen LogP contribution < -0.4 is 10.6 Å². The lowest BCUT2D eigenvalue weighted by Crippen LogP contribution is -2.28. The fourth-order valence-electron chi connectivity index (χ4n) is 4.91. The van der Waals surface area contributed by atoms with Crippen LogP contribution in [-0.2, 0) is 11.8 Å². The highest BCUT2D eigenvalue weighted by atomic mass is 19.1. The molecule has 0 saturated carbocycles. The molecule has 1 fully saturated rings. The van der Waals surface area contributed by atoms with Crippen LogP contribution in [0.15, 0.2) is 85.2 Å². The summed E-state index contributed by atoms with van der Waals surface area (Å²) in [6, 6.07) is 22.2. The summed E-state index contributed by atoms with van der Waals surface area (Å²) in [5.74, 6) is -0.642. The third-order valence-electron chi connectivity index (χ3n) is 6.84. The molecule has 8 nitrogen and oxygen atoms in total. The van der Waals surface area contributed by atoms with Crippen LogP contribution in [0, 0.1) is 18.7 Å². The average Bonchev–Trinajstić information content (AvgIpc) is 3.62. The molecule has 6 rings (SSSR count). The van der Waals surface area contributed by atoms with E-state index in [4.69, 9.17) is 5.73 Å². The van der Waals surface area contributed by atoms with Crippen molar-refractivity contribution < 1.29 is 15.4 Å². The van der Waals surface area contributed by atoms with Gasteiger partial charge in [0.2, 0.25) is 5.91 Å². The standard InChI is InChI=1S/C25H22FN3O.C5H7N3O.H2/c1-16-4-3-5-18(12-16)24-13-17(2)25(30)28(24)22-10-11-23-19(14-22)15-27-29(23)21-8-6-20(26)7-9-21;1-8-3-2-4(7-8)5(6)9;/h3-12,14-15,17,24H,13H2,1-2H3;2-3H,1H3,(H2,6,9);1H/t17-,24-;;/m0../s1. The number of nitrogens with two attached hydrogens (primary N) is 1. The number of fused-ring (bicyclic) bond motifs is 1. The second-order valence-electron chi connectivity index (χ2n) is 9.79. The van der Waals surface area contributed by atoms with Crippen LogP contribution in [0.3, 0.4) is 0 Å². The highest BCUT2D eigenvalue weighted by Crippen LogP contribution is 2.40. The highest BCUT2D eigenvalue weighted by Gasteiger charge is 2.38. The Morgan fingerprint density at radius 2 is 1.79 bits per heavy atom. The zero-order chi connectivity index (χ0) is 27.7. The second kappa shape index (κ2) is 10.5. The molecule has 2 aromatic heterocycles. The zero-order valence-corrected chi connectivity index (χ0v) is 22.0. The Hall–Kier alpha value is -4.79. The summed E-state index contributed by atoms with van der Waals surface area (Å²) < 4.78 is 16.6. The molecule has 3 aromatic carbocycles. The van der Waals surface area contributed by atoms with Crippen LogP contribution in [0.25, 0.3) is 16.6 Å². The molecule has 2 atom stereocenters. The van der Waals surface area contributed by atoms with Gasteiger partial charge in [-0.3, -0.25) is 14.3 Å². The minimum atomic E-state index is -0.490. The number of carbonyl (C=O) groups excluding carboxylic acids is 2. The molecule has 3 heterocycles. The van der Waals surface area contributed by atoms with Crippen LogP contribution in [-0.4, -0.2) is 31.4 Å². The SMILES string of the molecule is Cc1cccc([C@@H]2C[C@H](C)C(=O)N2c2ccc3c(cnn3-c3ccc(F)cc3)c2)c1.Cn1ccc(C(N)=O)n1.[HH]. The minimum Gasteiger partial charge on any atom is -0.364 e. The molecule has 2 amide bonds. The van der Waals surface area contributed by atoms with Crippen molar-refractivity contribution in [2.45, 2.75) is 26.3 Å². The van der Waals surface area contributed by atoms with E-state index in [0.29, 0.717) is 5.69 Å². The number of hydrogen-bond acceptors (Lipinski definition) is 4. The van der Waals surface area contributed by atoms with E-state index in [1.165, 1.54) is 22.4 Å². The van der Waals surface area contributed by atoms with E-state index in [1.54, 1.807) is 42.3 Å². The summed E-state index contributed by atoms with van der Waals surface area (Å²) in [5.41, 5.74) is 10.2. The summed E-state index contributed by atoms with van der Waals surface area (Å²) in [6.45, 7) is 4.07. The summed E-state index contributed by atoms with van der Waals surface area (Å²) >= 11 is 0. The number of aromatic nitrogens is 4. The van der Waals surface area contributed by atoms with Crippen molar-refractivity contribution in [1.29, 1.82) is 0 Å². The van der Waals surface area contributed by atoms with Crippen LogP contribution >= 0.6 is 0 Å². The van der Waals surface area contributed by atoms with Gasteiger partial charge in [0, 0.05) is 31.7 Å². The number of amides is 2. The lowest BCUT2D eigenvalue weighted by molar-refractivity contribution is -0.120. The normalized spacial score (nSPS) is 16.8. The third-order valence-corrected chi connectivity index (χ3v) is 6.84. The van der Waals surface area contributed by atoms with Gasteiger partial charge < -0.3 is 10.6 Å². The average molecular weight is 527 g/mol. The molecule has 0 unspecified atom stereocenters. The Bertz CT molecular complexity index is 1660. The number of aryl methyl sites for hydroxylation is 2. The zero-order valence-electron chi connectivity index (χ0n) is 22.0. The Morgan fingerprint density at radius 1 is 1.05 bits per heavy atom. The van der Waals surface area contributed by atoms with Gasteiger partial charge in [-0.15, -0.1) is 0 Å². The number of benzene rings is 3. The van der Waals surface area contributed by atoms with Gasteiger partial charge in [-0.1, -0.05) is 36.8 Å². The molecular formula is C30H31FN6O2. The molecule has 5 aromatic rings. The van der Waals surface area contributed by atoms with Gasteiger partial charge in [0.1, 0.15) is 11.5 Å². The number of nitrogens with zero attached hydrogens (tertiary/aromatic N) is 5. The van der Waals surface area contributed by atoms with E-state index in [9.17, 15) is 14.0 Å². The number of hydrogen-bond donors (Lipinski definition) is 1. The lowest BCUT2D eigenvalue weighted by atomic mass is 9.99. The van der Waals surface area contributed by atoms with Crippen molar-refractivity contribution in [2.75, 3.05) is 4.90 Å². The number of halogens is 1. The maximum atomic E-state index is 13.3. The Labute approximate surface area is 226 Å². The fourth-order valence-corrected chi connectivity index (χ4v) is 4.91. The second-order valence-corrected chi connectivity index (χ2v) is 9.79. The van der Waals surface area contributed by atoms with Gasteiger partial charge in [-0.05, 0) is 67.4 Å². The van der Waals surface area contributed by atoms with Crippen LogP contribution in [0.1, 0.15) is 42.4 Å². The molecule has 0 spiro atoms. The van der Waals surface area contributed by atoms with E-state index in [2.05, 4.69) is 35.3 Å². The van der Waals surface area contributed by atoms with E-state index in [1.807, 2.05) is 36.1 Å². The molecule has 0 bridgehead atoms. The van der Waals surface area contributed by atoms with Gasteiger partial charge in [0.05, 0.1) is 23.4 Å². The van der Waals surface area contributed by atoms with E-state index < -0.39 is 5.91 Å². The fraction of sp³-hybridized carbons (Fsp3) is 0.200. The van der Waals surface area contributed by atoms with Crippen LogP contribution in [0.5, 0.6) is 0 Å². The monoisotopic (exact) mass is 526 g/mol. The molecule has 39 heavy (non-hydrogen) atoms. The molecule has 200 valence electrons. The molecule has 0 aliphatic carbocycles. The Kier molecular flexibility index (Phi) is 6.98. The topological polar surface area (TPSA) is 99.0 Å². The maximum Gasteiger partial charge on any atom is 0.269 e. The number of rotatable bonds is 4. The lowest BCUT2D eigenvalue weighted by Gasteiger charge is -2.25. The van der Waals surface area contributed by atoms with E-state index in [0.717, 1.165) is 34.3 Å². The van der Waals surface area contributed by atoms with Crippen molar-refractivity contribution in [3.8, 4) is 5.69 Å². The van der Waals surface area contributed by atoms with Crippen molar-refractivity contribution in [3.63, 3.8) is 0 Å². The predicted octanol–water partition coefficient (Wildman–Crippen LogP) is 5.35. The van der Waals surface area contributed by atoms with Crippen molar-refractivity contribution >= 4 is 28.4 Å². The van der Waals surface area contributed by atoms with Crippen molar-refractivity contribution in [3.05, 3.63) is 108 Å². The summed E-state index contributed by atoms with van der Waals surface area (Å²) in [6.07, 6.45) is 4.25. The maximum absolute atomic E-state index is 13.3. The molecule has 9 heteroatoms. The Balaban J connectivity index is 0.000000317. The molecule has 1 aliphatic rings.